The van der Waals surface area contributed by atoms with E-state index in [0.717, 1.165) is 44.9 Å². The summed E-state index contributed by atoms with van der Waals surface area (Å²) >= 11 is 0. The topological polar surface area (TPSA) is 105 Å². The van der Waals surface area contributed by atoms with Crippen molar-refractivity contribution in [3.63, 3.8) is 0 Å². The number of aliphatic hydroxyl groups is 1. The zero-order valence-electron chi connectivity index (χ0n) is 29.0. The molecule has 0 saturated heterocycles. The predicted molar refractivity (Wildman–Crippen MR) is 180 cm³/mol. The Balaban J connectivity index is 4.15. The van der Waals surface area contributed by atoms with Gasteiger partial charge in [0, 0.05) is 6.42 Å². The van der Waals surface area contributed by atoms with Gasteiger partial charge in [0.2, 0.25) is 5.91 Å². The first-order valence-corrected chi connectivity index (χ1v) is 19.4. The van der Waals surface area contributed by atoms with Crippen LogP contribution in [0.1, 0.15) is 162 Å². The Hall–Kier alpha value is -0.500. The predicted octanol–water partition coefficient (Wildman–Crippen LogP) is 8.68. The maximum absolute atomic E-state index is 12.7. The van der Waals surface area contributed by atoms with E-state index in [0.29, 0.717) is 23.9 Å². The second-order valence-electron chi connectivity index (χ2n) is 13.6. The molecular weight excluding hydrogens is 563 g/mol. The van der Waals surface area contributed by atoms with Crippen molar-refractivity contribution in [2.24, 2.45) is 0 Å². The van der Waals surface area contributed by atoms with Gasteiger partial charge in [-0.25, -0.2) is 4.57 Å². The van der Waals surface area contributed by atoms with Crippen LogP contribution in [0, 0.1) is 0 Å². The van der Waals surface area contributed by atoms with Crippen molar-refractivity contribution in [2.75, 3.05) is 40.9 Å². The zero-order valence-corrected chi connectivity index (χ0v) is 29.9. The number of amides is 1. The van der Waals surface area contributed by atoms with Crippen molar-refractivity contribution >= 4 is 13.7 Å². The summed E-state index contributed by atoms with van der Waals surface area (Å²) in [5.41, 5.74) is 0. The van der Waals surface area contributed by atoms with Crippen molar-refractivity contribution in [3.8, 4) is 0 Å². The molecule has 0 aromatic rings. The van der Waals surface area contributed by atoms with E-state index in [1.54, 1.807) is 0 Å². The Morgan fingerprint density at radius 3 is 1.56 bits per heavy atom. The molecule has 0 aliphatic rings. The number of carbonyl (C=O) groups is 1. The second kappa shape index (κ2) is 27.8. The second-order valence-corrected chi connectivity index (χ2v) is 15.1. The minimum absolute atomic E-state index is 0.0766. The zero-order chi connectivity index (χ0) is 32.2. The molecule has 0 aromatic heterocycles. The lowest BCUT2D eigenvalue weighted by Crippen LogP contribution is -2.46. The van der Waals surface area contributed by atoms with E-state index in [4.69, 9.17) is 9.05 Å². The average molecular weight is 636 g/mol. The van der Waals surface area contributed by atoms with Gasteiger partial charge in [-0.05, 0) is 12.8 Å². The maximum atomic E-state index is 12.7. The number of hydrogen-bond acceptors (Lipinski definition) is 5. The number of phosphoric acid groups is 1. The van der Waals surface area contributed by atoms with Crippen LogP contribution in [0.3, 0.4) is 0 Å². The third-order valence-electron chi connectivity index (χ3n) is 8.11. The molecule has 3 N–H and O–H groups in total. The number of aliphatic hydroxyl groups excluding tert-OH is 1. The molecule has 0 rings (SSSR count). The summed E-state index contributed by atoms with van der Waals surface area (Å²) in [6.07, 6.45) is 26.0. The third kappa shape index (κ3) is 29.9. The molecule has 0 saturated carbocycles. The molecule has 258 valence electrons. The molecule has 3 atom stereocenters. The molecule has 9 heteroatoms. The van der Waals surface area contributed by atoms with Crippen molar-refractivity contribution in [2.45, 2.75) is 174 Å². The summed E-state index contributed by atoms with van der Waals surface area (Å²) in [6, 6.07) is -0.748. The van der Waals surface area contributed by atoms with Crippen LogP contribution in [0.4, 0.5) is 0 Å². The number of nitrogens with zero attached hydrogens (tertiary/aromatic N) is 1. The molecule has 0 aliphatic carbocycles. The molecule has 0 radical (unpaired) electrons. The molecule has 0 fully saturated rings. The molecule has 43 heavy (non-hydrogen) atoms. The highest BCUT2D eigenvalue weighted by molar-refractivity contribution is 7.47. The van der Waals surface area contributed by atoms with Gasteiger partial charge in [-0.3, -0.25) is 13.8 Å². The van der Waals surface area contributed by atoms with Crippen molar-refractivity contribution in [1.82, 2.24) is 5.32 Å². The van der Waals surface area contributed by atoms with Crippen molar-refractivity contribution in [3.05, 3.63) is 0 Å². The third-order valence-corrected chi connectivity index (χ3v) is 9.09. The summed E-state index contributed by atoms with van der Waals surface area (Å²) < 4.78 is 23.3. The normalized spacial score (nSPS) is 14.9. The summed E-state index contributed by atoms with van der Waals surface area (Å²) in [5, 5.41) is 13.6. The quantitative estimate of drug-likeness (QED) is 0.0388. The molecule has 1 amide bonds. The van der Waals surface area contributed by atoms with Crippen molar-refractivity contribution in [1.29, 1.82) is 0 Å². The monoisotopic (exact) mass is 636 g/mol. The number of nitrogens with one attached hydrogen (secondary N) is 1. The Morgan fingerprint density at radius 1 is 0.698 bits per heavy atom. The summed E-state index contributed by atoms with van der Waals surface area (Å²) in [6.45, 7) is 4.76. The van der Waals surface area contributed by atoms with E-state index < -0.39 is 20.0 Å². The maximum Gasteiger partial charge on any atom is 0.472 e. The van der Waals surface area contributed by atoms with Crippen LogP contribution in [0.5, 0.6) is 0 Å². The van der Waals surface area contributed by atoms with Gasteiger partial charge >= 0.3 is 7.82 Å². The smallest absolute Gasteiger partial charge is 0.391 e. The van der Waals surface area contributed by atoms with Gasteiger partial charge in [-0.15, -0.1) is 0 Å². The number of quaternary nitrogens is 1. The van der Waals surface area contributed by atoms with Crippen LogP contribution in [0.25, 0.3) is 0 Å². The average Bonchev–Trinajstić information content (AvgIpc) is 2.94. The highest BCUT2D eigenvalue weighted by Gasteiger charge is 2.28. The number of rotatable bonds is 32. The van der Waals surface area contributed by atoms with Crippen molar-refractivity contribution < 1.29 is 32.9 Å². The summed E-state index contributed by atoms with van der Waals surface area (Å²) in [5.74, 6) is -0.152. The standard InChI is InChI=1S/C34H71N2O6P/c1-6-8-10-12-13-14-15-16-17-18-19-20-21-22-23-24-26-28-34(38)35-32(33(37)27-25-11-9-7-2)31-42-43(39,40)41-30-29-36(3,4)5/h32-33,37H,6-31H2,1-5H3,(H-,35,38,39,40)/p+1. The van der Waals surface area contributed by atoms with Gasteiger partial charge in [-0.2, -0.15) is 0 Å². The molecule has 0 aromatic carbocycles. The molecule has 0 bridgehead atoms. The van der Waals surface area contributed by atoms with Crippen LogP contribution >= 0.6 is 7.82 Å². The van der Waals surface area contributed by atoms with Crippen LogP contribution in [0.2, 0.25) is 0 Å². The summed E-state index contributed by atoms with van der Waals surface area (Å²) in [7, 11) is 1.62. The number of hydrogen-bond donors (Lipinski definition) is 3. The van der Waals surface area contributed by atoms with Gasteiger partial charge in [-0.1, -0.05) is 142 Å². The lowest BCUT2D eigenvalue weighted by atomic mass is 10.0. The van der Waals surface area contributed by atoms with E-state index in [9.17, 15) is 19.4 Å². The van der Waals surface area contributed by atoms with Gasteiger partial charge in [0.25, 0.3) is 0 Å². The van der Waals surface area contributed by atoms with E-state index in [1.165, 1.54) is 89.9 Å². The van der Waals surface area contributed by atoms with Crippen LogP contribution < -0.4 is 5.32 Å². The first-order chi connectivity index (χ1) is 20.5. The SMILES string of the molecule is CCCCCCCCCCCCCCCCCCCC(=O)NC(COP(=O)(O)OCC[N+](C)(C)C)C(O)CCCCCC. The van der Waals surface area contributed by atoms with Gasteiger partial charge in [0.15, 0.2) is 0 Å². The fourth-order valence-corrected chi connectivity index (χ4v) is 5.90. The first-order valence-electron chi connectivity index (χ1n) is 17.9. The highest BCUT2D eigenvalue weighted by Crippen LogP contribution is 2.43. The molecule has 3 unspecified atom stereocenters. The number of likely N-dealkylation sites (N-methyl/N-ethyl adjacent to an activating group) is 1. The Morgan fingerprint density at radius 2 is 1.12 bits per heavy atom. The molecule has 8 nitrogen and oxygen atoms in total. The van der Waals surface area contributed by atoms with E-state index in [2.05, 4.69) is 19.2 Å². The lowest BCUT2D eigenvalue weighted by molar-refractivity contribution is -0.870. The fraction of sp³-hybridized carbons (Fsp3) is 0.971. The number of phosphoric ester groups is 1. The number of unbranched alkanes of at least 4 members (excludes halogenated alkanes) is 19. The fourth-order valence-electron chi connectivity index (χ4n) is 5.16. The molecule has 0 aliphatic heterocycles. The van der Waals surface area contributed by atoms with Crippen LogP contribution in [-0.2, 0) is 18.4 Å². The Bertz CT molecular complexity index is 688. The van der Waals surface area contributed by atoms with Gasteiger partial charge in [0.05, 0.1) is 39.9 Å². The molecule has 0 spiro atoms. The minimum Gasteiger partial charge on any atom is -0.391 e. The lowest BCUT2D eigenvalue weighted by Gasteiger charge is -2.26. The molecule has 0 heterocycles. The Labute approximate surface area is 266 Å². The van der Waals surface area contributed by atoms with E-state index in [1.807, 2.05) is 21.1 Å². The largest absolute Gasteiger partial charge is 0.472 e. The van der Waals surface area contributed by atoms with E-state index in [-0.39, 0.29) is 19.1 Å². The minimum atomic E-state index is -4.28. The Kier molecular flexibility index (Phi) is 27.5. The van der Waals surface area contributed by atoms with Gasteiger partial charge in [0.1, 0.15) is 13.2 Å². The summed E-state index contributed by atoms with van der Waals surface area (Å²) in [4.78, 5) is 22.8. The molecular formula is C34H72N2O6P+. The van der Waals surface area contributed by atoms with Crippen LogP contribution in [-0.4, -0.2) is 73.4 Å². The van der Waals surface area contributed by atoms with Gasteiger partial charge < -0.3 is 19.8 Å². The van der Waals surface area contributed by atoms with Crippen LogP contribution in [0.15, 0.2) is 0 Å². The highest BCUT2D eigenvalue weighted by atomic mass is 31.2. The first kappa shape index (κ1) is 42.5. The number of carbonyl (C=O) groups excluding carboxylic acids is 1. The van der Waals surface area contributed by atoms with E-state index >= 15 is 0 Å².